The molecule has 0 fully saturated rings. The fourth-order valence-corrected chi connectivity index (χ4v) is 4.82. The van der Waals surface area contributed by atoms with Crippen molar-refractivity contribution in [3.05, 3.63) is 29.3 Å². The van der Waals surface area contributed by atoms with Crippen molar-refractivity contribution in [3.8, 4) is 5.75 Å². The van der Waals surface area contributed by atoms with E-state index < -0.39 is 6.10 Å². The SMILES string of the molecule is CCCC(C)CSc1nnc(NC(=O)C(C)Oc2ccc(C(C)(C)CC)cc2C)s1. The van der Waals surface area contributed by atoms with Gasteiger partial charge >= 0.3 is 0 Å². The molecule has 166 valence electrons. The summed E-state index contributed by atoms with van der Waals surface area (Å²) in [6.07, 6.45) is 2.83. The van der Waals surface area contributed by atoms with E-state index in [-0.39, 0.29) is 11.3 Å². The predicted octanol–water partition coefficient (Wildman–Crippen LogP) is 6.47. The van der Waals surface area contributed by atoms with Crippen molar-refractivity contribution in [2.24, 2.45) is 5.92 Å². The van der Waals surface area contributed by atoms with Gasteiger partial charge in [-0.25, -0.2) is 0 Å². The zero-order valence-electron chi connectivity index (χ0n) is 19.2. The molecule has 1 heterocycles. The first-order valence-electron chi connectivity index (χ1n) is 10.7. The molecule has 0 radical (unpaired) electrons. The van der Waals surface area contributed by atoms with Gasteiger partial charge in [0.05, 0.1) is 0 Å². The second-order valence-corrected chi connectivity index (χ2v) is 10.8. The first kappa shape index (κ1) is 24.7. The molecular weight excluding hydrogens is 414 g/mol. The molecule has 2 rings (SSSR count). The van der Waals surface area contributed by atoms with Crippen LogP contribution in [0.5, 0.6) is 5.75 Å². The van der Waals surface area contributed by atoms with Gasteiger partial charge in [-0.15, -0.1) is 10.2 Å². The lowest BCUT2D eigenvalue weighted by Gasteiger charge is -2.25. The Morgan fingerprint density at radius 2 is 2.00 bits per heavy atom. The van der Waals surface area contributed by atoms with Crippen LogP contribution in [0.15, 0.2) is 22.5 Å². The molecule has 2 unspecified atom stereocenters. The Bertz CT molecular complexity index is 836. The van der Waals surface area contributed by atoms with E-state index in [1.165, 1.54) is 29.7 Å². The van der Waals surface area contributed by atoms with Crippen LogP contribution in [0, 0.1) is 12.8 Å². The number of ether oxygens (including phenoxy) is 1. The smallest absolute Gasteiger partial charge is 0.266 e. The molecule has 0 saturated carbocycles. The fourth-order valence-electron chi connectivity index (χ4n) is 2.97. The van der Waals surface area contributed by atoms with Crippen LogP contribution in [-0.2, 0) is 10.2 Å². The van der Waals surface area contributed by atoms with Crippen molar-refractivity contribution in [2.75, 3.05) is 11.1 Å². The molecule has 0 aliphatic heterocycles. The van der Waals surface area contributed by atoms with Gasteiger partial charge in [0.2, 0.25) is 5.13 Å². The van der Waals surface area contributed by atoms with Gasteiger partial charge in [-0.1, -0.05) is 82.7 Å². The number of rotatable bonds is 11. The van der Waals surface area contributed by atoms with E-state index in [9.17, 15) is 4.79 Å². The van der Waals surface area contributed by atoms with E-state index in [1.54, 1.807) is 18.7 Å². The second-order valence-electron chi connectivity index (χ2n) is 8.55. The van der Waals surface area contributed by atoms with Crippen molar-refractivity contribution >= 4 is 34.1 Å². The van der Waals surface area contributed by atoms with Gasteiger partial charge in [0.15, 0.2) is 10.4 Å². The van der Waals surface area contributed by atoms with E-state index in [1.807, 2.05) is 13.0 Å². The van der Waals surface area contributed by atoms with Crippen molar-refractivity contribution in [1.82, 2.24) is 10.2 Å². The zero-order valence-corrected chi connectivity index (χ0v) is 20.9. The molecule has 5 nitrogen and oxygen atoms in total. The predicted molar refractivity (Wildman–Crippen MR) is 128 cm³/mol. The highest BCUT2D eigenvalue weighted by Gasteiger charge is 2.21. The number of nitrogens with one attached hydrogen (secondary N) is 1. The summed E-state index contributed by atoms with van der Waals surface area (Å²) in [6, 6.07) is 6.20. The van der Waals surface area contributed by atoms with Crippen LogP contribution in [0.2, 0.25) is 0 Å². The summed E-state index contributed by atoms with van der Waals surface area (Å²) in [7, 11) is 0. The average Bonchev–Trinajstić information content (AvgIpc) is 3.15. The van der Waals surface area contributed by atoms with Gasteiger partial charge in [-0.05, 0) is 48.8 Å². The number of aryl methyl sites for hydroxylation is 1. The van der Waals surface area contributed by atoms with Crippen LogP contribution < -0.4 is 10.1 Å². The molecule has 0 aliphatic carbocycles. The third-order valence-electron chi connectivity index (χ3n) is 5.42. The summed E-state index contributed by atoms with van der Waals surface area (Å²) in [5.41, 5.74) is 2.43. The van der Waals surface area contributed by atoms with Crippen LogP contribution in [0.25, 0.3) is 0 Å². The van der Waals surface area contributed by atoms with E-state index in [4.69, 9.17) is 4.74 Å². The minimum atomic E-state index is -0.627. The Morgan fingerprint density at radius 1 is 1.27 bits per heavy atom. The van der Waals surface area contributed by atoms with Crippen LogP contribution in [0.4, 0.5) is 5.13 Å². The van der Waals surface area contributed by atoms with E-state index >= 15 is 0 Å². The molecule has 0 bridgehead atoms. The topological polar surface area (TPSA) is 64.1 Å². The Morgan fingerprint density at radius 3 is 2.63 bits per heavy atom. The third kappa shape index (κ3) is 6.98. The fraction of sp³-hybridized carbons (Fsp3) is 0.609. The van der Waals surface area contributed by atoms with E-state index in [0.29, 0.717) is 11.0 Å². The molecule has 30 heavy (non-hydrogen) atoms. The van der Waals surface area contributed by atoms with E-state index in [2.05, 4.69) is 62.3 Å². The number of nitrogens with zero attached hydrogens (tertiary/aromatic N) is 2. The Labute approximate surface area is 189 Å². The summed E-state index contributed by atoms with van der Waals surface area (Å²) in [6.45, 7) is 14.9. The maximum atomic E-state index is 12.6. The average molecular weight is 450 g/mol. The molecule has 7 heteroatoms. The lowest BCUT2D eigenvalue weighted by molar-refractivity contribution is -0.122. The standard InChI is InChI=1S/C23H35N3O2S2/c1-8-10-15(3)14-29-22-26-25-21(30-22)24-20(27)17(5)28-19-12-11-18(13-16(19)4)23(6,7)9-2/h11-13,15,17H,8-10,14H2,1-7H3,(H,24,25,27). The highest BCUT2D eigenvalue weighted by molar-refractivity contribution is 8.01. The molecule has 1 N–H and O–H groups in total. The molecule has 1 aromatic heterocycles. The molecule has 1 aromatic carbocycles. The van der Waals surface area contributed by atoms with Crippen molar-refractivity contribution in [3.63, 3.8) is 0 Å². The molecule has 0 aliphatic rings. The van der Waals surface area contributed by atoms with Crippen molar-refractivity contribution < 1.29 is 9.53 Å². The zero-order chi connectivity index (χ0) is 22.3. The summed E-state index contributed by atoms with van der Waals surface area (Å²) in [5.74, 6) is 2.17. The van der Waals surface area contributed by atoms with Crippen LogP contribution in [0.3, 0.4) is 0 Å². The number of carbonyl (C=O) groups is 1. The number of aromatic nitrogens is 2. The van der Waals surface area contributed by atoms with Gasteiger partial charge < -0.3 is 4.74 Å². The summed E-state index contributed by atoms with van der Waals surface area (Å²) in [4.78, 5) is 12.6. The number of benzene rings is 1. The summed E-state index contributed by atoms with van der Waals surface area (Å²) in [5, 5.41) is 11.6. The third-order valence-corrected chi connectivity index (χ3v) is 7.72. The minimum Gasteiger partial charge on any atom is -0.481 e. The monoisotopic (exact) mass is 449 g/mol. The highest BCUT2D eigenvalue weighted by Crippen LogP contribution is 2.31. The molecule has 2 atom stereocenters. The minimum absolute atomic E-state index is 0.119. The quantitative estimate of drug-likeness (QED) is 0.315. The van der Waals surface area contributed by atoms with E-state index in [0.717, 1.165) is 27.8 Å². The maximum Gasteiger partial charge on any atom is 0.266 e. The van der Waals surface area contributed by atoms with Gasteiger partial charge in [-0.2, -0.15) is 0 Å². The number of hydrogen-bond acceptors (Lipinski definition) is 6. The number of hydrogen-bond donors (Lipinski definition) is 1. The first-order valence-corrected chi connectivity index (χ1v) is 12.5. The number of amides is 1. The molecule has 1 amide bonds. The summed E-state index contributed by atoms with van der Waals surface area (Å²) >= 11 is 3.11. The van der Waals surface area contributed by atoms with Gasteiger partial charge in [0.25, 0.3) is 5.91 Å². The number of carbonyl (C=O) groups excluding carboxylic acids is 1. The first-order chi connectivity index (χ1) is 14.2. The highest BCUT2D eigenvalue weighted by atomic mass is 32.2. The molecule has 0 saturated heterocycles. The number of anilines is 1. The van der Waals surface area contributed by atoms with Gasteiger partial charge in [0, 0.05) is 5.75 Å². The van der Waals surface area contributed by atoms with Crippen LogP contribution >= 0.6 is 23.1 Å². The Balaban J connectivity index is 1.92. The summed E-state index contributed by atoms with van der Waals surface area (Å²) < 4.78 is 6.81. The van der Waals surface area contributed by atoms with Gasteiger partial charge in [-0.3, -0.25) is 10.1 Å². The van der Waals surface area contributed by atoms with Crippen LogP contribution in [0.1, 0.15) is 71.9 Å². The number of thioether (sulfide) groups is 1. The largest absolute Gasteiger partial charge is 0.481 e. The Kier molecular flexibility index (Phi) is 9.16. The van der Waals surface area contributed by atoms with Crippen molar-refractivity contribution in [1.29, 1.82) is 0 Å². The molecular formula is C23H35N3O2S2. The lowest BCUT2D eigenvalue weighted by Crippen LogP contribution is -2.30. The second kappa shape index (κ2) is 11.1. The van der Waals surface area contributed by atoms with Gasteiger partial charge in [0.1, 0.15) is 5.75 Å². The van der Waals surface area contributed by atoms with Crippen molar-refractivity contribution in [2.45, 2.75) is 83.6 Å². The van der Waals surface area contributed by atoms with Crippen LogP contribution in [-0.4, -0.2) is 28.0 Å². The maximum absolute atomic E-state index is 12.6. The Hall–Kier alpha value is -1.60. The normalized spacial score (nSPS) is 13.7. The lowest BCUT2D eigenvalue weighted by atomic mass is 9.81. The molecule has 0 spiro atoms. The molecule has 2 aromatic rings.